The molecule has 0 unspecified atom stereocenters. The van der Waals surface area contributed by atoms with Crippen LogP contribution in [0.1, 0.15) is 17.1 Å². The predicted octanol–water partition coefficient (Wildman–Crippen LogP) is 1.90. The first-order valence-electron chi connectivity index (χ1n) is 5.55. The molecular weight excluding hydrogens is 244 g/mol. The third-order valence-electron chi connectivity index (χ3n) is 2.39. The molecule has 96 valence electrons. The van der Waals surface area contributed by atoms with Gasteiger partial charge in [-0.25, -0.2) is 0 Å². The third-order valence-corrected chi connectivity index (χ3v) is 2.39. The van der Waals surface area contributed by atoms with Crippen molar-refractivity contribution in [3.63, 3.8) is 0 Å². The van der Waals surface area contributed by atoms with E-state index in [2.05, 4.69) is 5.16 Å². The summed E-state index contributed by atoms with van der Waals surface area (Å²) in [6.45, 7) is 0. The number of rotatable bonds is 3. The smallest absolute Gasteiger partial charge is 0.206 e. The number of amidine groups is 1. The molecule has 0 saturated carbocycles. The Morgan fingerprint density at radius 2 is 1.95 bits per heavy atom. The first kappa shape index (κ1) is 12.6. The minimum atomic E-state index is -0.277. The van der Waals surface area contributed by atoms with Crippen molar-refractivity contribution < 1.29 is 9.62 Å². The lowest BCUT2D eigenvalue weighted by atomic mass is 10.2. The van der Waals surface area contributed by atoms with Crippen LogP contribution in [0.3, 0.4) is 0 Å². The molecule has 0 aliphatic carbocycles. The number of nitrogens with two attached hydrogens (primary N) is 1. The van der Waals surface area contributed by atoms with Crippen LogP contribution in [0.5, 0.6) is 0 Å². The second-order valence-electron chi connectivity index (χ2n) is 3.79. The Labute approximate surface area is 109 Å². The number of oxime groups is 1. The standard InChI is InChI=1S/C14H12N2O3/c15-14(16-18)13-9-11(17)8-12(19-13)7-6-10-4-2-1-3-5-10/h1-9,18H,(H2,15,16)/b7-6-. The van der Waals surface area contributed by atoms with Gasteiger partial charge < -0.3 is 15.4 Å². The Kier molecular flexibility index (Phi) is 3.78. The highest BCUT2D eigenvalue weighted by Gasteiger charge is 2.04. The first-order valence-corrected chi connectivity index (χ1v) is 5.55. The van der Waals surface area contributed by atoms with E-state index in [4.69, 9.17) is 15.4 Å². The van der Waals surface area contributed by atoms with Gasteiger partial charge in [0.1, 0.15) is 5.76 Å². The van der Waals surface area contributed by atoms with Gasteiger partial charge in [-0.2, -0.15) is 0 Å². The van der Waals surface area contributed by atoms with Crippen LogP contribution in [0.15, 0.2) is 56.8 Å². The van der Waals surface area contributed by atoms with Crippen molar-refractivity contribution in [2.75, 3.05) is 0 Å². The van der Waals surface area contributed by atoms with E-state index in [1.165, 1.54) is 6.07 Å². The van der Waals surface area contributed by atoms with Crippen molar-refractivity contribution in [3.8, 4) is 0 Å². The molecule has 0 atom stereocenters. The molecule has 0 fully saturated rings. The van der Waals surface area contributed by atoms with Gasteiger partial charge in [0, 0.05) is 12.1 Å². The zero-order chi connectivity index (χ0) is 13.7. The maximum atomic E-state index is 11.5. The number of hydrogen-bond donors (Lipinski definition) is 2. The van der Waals surface area contributed by atoms with E-state index in [9.17, 15) is 4.79 Å². The molecular formula is C14H12N2O3. The highest BCUT2D eigenvalue weighted by Crippen LogP contribution is 2.08. The largest absolute Gasteiger partial charge is 0.453 e. The van der Waals surface area contributed by atoms with Gasteiger partial charge in [-0.3, -0.25) is 4.79 Å². The predicted molar refractivity (Wildman–Crippen MR) is 72.9 cm³/mol. The van der Waals surface area contributed by atoms with Gasteiger partial charge in [0.05, 0.1) is 0 Å². The van der Waals surface area contributed by atoms with Crippen LogP contribution in [-0.4, -0.2) is 11.0 Å². The average Bonchev–Trinajstić information content (AvgIpc) is 2.45. The van der Waals surface area contributed by atoms with Gasteiger partial charge in [-0.05, 0) is 11.6 Å². The Morgan fingerprint density at radius 3 is 2.63 bits per heavy atom. The van der Waals surface area contributed by atoms with Crippen LogP contribution in [0.25, 0.3) is 12.2 Å². The summed E-state index contributed by atoms with van der Waals surface area (Å²) in [7, 11) is 0. The van der Waals surface area contributed by atoms with Crippen molar-refractivity contribution in [1.29, 1.82) is 0 Å². The Morgan fingerprint density at radius 1 is 1.21 bits per heavy atom. The Balaban J connectivity index is 2.33. The van der Waals surface area contributed by atoms with Gasteiger partial charge in [0.25, 0.3) is 0 Å². The second kappa shape index (κ2) is 5.68. The van der Waals surface area contributed by atoms with Gasteiger partial charge in [-0.1, -0.05) is 41.6 Å². The molecule has 1 heterocycles. The highest BCUT2D eigenvalue weighted by molar-refractivity contribution is 5.94. The molecule has 3 N–H and O–H groups in total. The lowest BCUT2D eigenvalue weighted by Gasteiger charge is -1.99. The summed E-state index contributed by atoms with van der Waals surface area (Å²) in [6, 6.07) is 12.0. The summed E-state index contributed by atoms with van der Waals surface area (Å²) in [5, 5.41) is 11.4. The number of nitrogens with zero attached hydrogens (tertiary/aromatic N) is 1. The van der Waals surface area contributed by atoms with Crippen LogP contribution >= 0.6 is 0 Å². The first-order chi connectivity index (χ1) is 9.19. The van der Waals surface area contributed by atoms with E-state index in [1.807, 2.05) is 30.3 Å². The van der Waals surface area contributed by atoms with E-state index in [1.54, 1.807) is 12.2 Å². The Bertz CT molecular complexity index is 673. The quantitative estimate of drug-likeness (QED) is 0.380. The van der Waals surface area contributed by atoms with Crippen LogP contribution in [0.2, 0.25) is 0 Å². The normalized spacial score (nSPS) is 11.9. The highest BCUT2D eigenvalue weighted by atomic mass is 16.4. The molecule has 2 rings (SSSR count). The van der Waals surface area contributed by atoms with Gasteiger partial charge in [0.2, 0.25) is 5.84 Å². The van der Waals surface area contributed by atoms with Crippen LogP contribution < -0.4 is 11.2 Å². The molecule has 0 saturated heterocycles. The topological polar surface area (TPSA) is 88.8 Å². The fraction of sp³-hybridized carbons (Fsp3) is 0. The molecule has 0 aliphatic rings. The number of hydrogen-bond acceptors (Lipinski definition) is 4. The molecule has 0 aliphatic heterocycles. The maximum absolute atomic E-state index is 11.5. The van der Waals surface area contributed by atoms with E-state index in [0.717, 1.165) is 11.6 Å². The maximum Gasteiger partial charge on any atom is 0.206 e. The molecule has 1 aromatic carbocycles. The van der Waals surface area contributed by atoms with Crippen molar-refractivity contribution in [1.82, 2.24) is 0 Å². The molecule has 0 bridgehead atoms. The van der Waals surface area contributed by atoms with Crippen molar-refractivity contribution in [2.45, 2.75) is 0 Å². The molecule has 5 heteroatoms. The summed E-state index contributed by atoms with van der Waals surface area (Å²) in [6.07, 6.45) is 3.44. The van der Waals surface area contributed by atoms with Crippen molar-refractivity contribution >= 4 is 18.0 Å². The summed E-state index contributed by atoms with van der Waals surface area (Å²) >= 11 is 0. The average molecular weight is 256 g/mol. The lowest BCUT2D eigenvalue weighted by Crippen LogP contribution is -2.15. The van der Waals surface area contributed by atoms with Gasteiger partial charge in [-0.15, -0.1) is 0 Å². The minimum absolute atomic E-state index is 0.0303. The van der Waals surface area contributed by atoms with E-state index in [-0.39, 0.29) is 17.0 Å². The van der Waals surface area contributed by atoms with Crippen LogP contribution in [0, 0.1) is 0 Å². The zero-order valence-electron chi connectivity index (χ0n) is 9.98. The third kappa shape index (κ3) is 3.32. The molecule has 1 aromatic heterocycles. The Hall–Kier alpha value is -2.82. The molecule has 0 amide bonds. The molecule has 5 nitrogen and oxygen atoms in total. The monoisotopic (exact) mass is 256 g/mol. The molecule has 19 heavy (non-hydrogen) atoms. The lowest BCUT2D eigenvalue weighted by molar-refractivity contribution is 0.317. The van der Waals surface area contributed by atoms with Crippen LogP contribution in [-0.2, 0) is 0 Å². The molecule has 0 spiro atoms. The van der Waals surface area contributed by atoms with Crippen molar-refractivity contribution in [3.05, 3.63) is 69.8 Å². The van der Waals surface area contributed by atoms with Gasteiger partial charge >= 0.3 is 0 Å². The van der Waals surface area contributed by atoms with E-state index < -0.39 is 0 Å². The fourth-order valence-corrected chi connectivity index (χ4v) is 1.50. The summed E-state index contributed by atoms with van der Waals surface area (Å²) in [4.78, 5) is 11.5. The molecule has 2 aromatic rings. The van der Waals surface area contributed by atoms with E-state index >= 15 is 0 Å². The summed E-state index contributed by atoms with van der Waals surface area (Å²) in [5.41, 5.74) is 6.08. The minimum Gasteiger partial charge on any atom is -0.453 e. The van der Waals surface area contributed by atoms with E-state index in [0.29, 0.717) is 5.76 Å². The fourth-order valence-electron chi connectivity index (χ4n) is 1.50. The van der Waals surface area contributed by atoms with Crippen molar-refractivity contribution in [2.24, 2.45) is 10.9 Å². The SMILES string of the molecule is N/C(=N/O)c1cc(=O)cc(/C=C\c2ccccc2)o1. The number of benzene rings is 1. The second-order valence-corrected chi connectivity index (χ2v) is 3.79. The van der Waals surface area contributed by atoms with Crippen LogP contribution in [0.4, 0.5) is 0 Å². The molecule has 0 radical (unpaired) electrons. The van der Waals surface area contributed by atoms with Gasteiger partial charge in [0.15, 0.2) is 11.2 Å². The zero-order valence-corrected chi connectivity index (χ0v) is 9.98. The summed E-state index contributed by atoms with van der Waals surface area (Å²) < 4.78 is 5.33. The summed E-state index contributed by atoms with van der Waals surface area (Å²) in [5.74, 6) is 0.118.